The van der Waals surface area contributed by atoms with Gasteiger partial charge in [0.1, 0.15) is 0 Å². The van der Waals surface area contributed by atoms with Gasteiger partial charge < -0.3 is 0 Å². The first-order chi connectivity index (χ1) is 4.90. The van der Waals surface area contributed by atoms with Crippen molar-refractivity contribution >= 4 is 5.71 Å². The largest absolute Gasteiger partial charge is 0.258 e. The SMILES string of the molecule is C=CC1=CCC(C2CC2)=N1. The number of nitrogens with zero attached hydrogens (tertiary/aromatic N) is 1. The van der Waals surface area contributed by atoms with Gasteiger partial charge in [-0.2, -0.15) is 0 Å². The van der Waals surface area contributed by atoms with E-state index in [2.05, 4.69) is 17.6 Å². The first-order valence-corrected chi connectivity index (χ1v) is 3.80. The van der Waals surface area contributed by atoms with Gasteiger partial charge in [-0.15, -0.1) is 0 Å². The number of aliphatic imine (C=N–C) groups is 1. The second kappa shape index (κ2) is 2.08. The van der Waals surface area contributed by atoms with Gasteiger partial charge in [-0.25, -0.2) is 0 Å². The van der Waals surface area contributed by atoms with Crippen molar-refractivity contribution in [1.82, 2.24) is 0 Å². The Hall–Kier alpha value is -0.850. The first-order valence-electron chi connectivity index (χ1n) is 3.80. The molecule has 0 unspecified atom stereocenters. The molecule has 0 N–H and O–H groups in total. The van der Waals surface area contributed by atoms with E-state index in [0.717, 1.165) is 18.0 Å². The van der Waals surface area contributed by atoms with Crippen LogP contribution in [0.4, 0.5) is 0 Å². The lowest BCUT2D eigenvalue weighted by molar-refractivity contribution is 1.15. The summed E-state index contributed by atoms with van der Waals surface area (Å²) in [5.41, 5.74) is 2.46. The van der Waals surface area contributed by atoms with Gasteiger partial charge in [0.15, 0.2) is 0 Å². The van der Waals surface area contributed by atoms with E-state index in [-0.39, 0.29) is 0 Å². The molecule has 0 saturated heterocycles. The van der Waals surface area contributed by atoms with Crippen LogP contribution >= 0.6 is 0 Å². The van der Waals surface area contributed by atoms with E-state index < -0.39 is 0 Å². The van der Waals surface area contributed by atoms with Crippen LogP contribution in [-0.4, -0.2) is 5.71 Å². The van der Waals surface area contributed by atoms with Gasteiger partial charge in [-0.1, -0.05) is 12.7 Å². The average Bonchev–Trinajstić information content (AvgIpc) is 2.70. The molecule has 1 aliphatic heterocycles. The molecule has 52 valence electrons. The zero-order chi connectivity index (χ0) is 6.97. The highest BCUT2D eigenvalue weighted by Crippen LogP contribution is 2.34. The van der Waals surface area contributed by atoms with Crippen LogP contribution in [0.3, 0.4) is 0 Å². The van der Waals surface area contributed by atoms with E-state index in [1.165, 1.54) is 18.6 Å². The van der Waals surface area contributed by atoms with Gasteiger partial charge in [0.2, 0.25) is 0 Å². The summed E-state index contributed by atoms with van der Waals surface area (Å²) in [5, 5.41) is 0. The van der Waals surface area contributed by atoms with Crippen molar-refractivity contribution in [3.63, 3.8) is 0 Å². The molecule has 0 amide bonds. The summed E-state index contributed by atoms with van der Waals surface area (Å²) in [5.74, 6) is 0.827. The molecule has 0 aromatic rings. The number of allylic oxidation sites excluding steroid dienone is 2. The third-order valence-corrected chi connectivity index (χ3v) is 2.05. The van der Waals surface area contributed by atoms with Crippen molar-refractivity contribution in [1.29, 1.82) is 0 Å². The highest BCUT2D eigenvalue weighted by atomic mass is 14.8. The maximum atomic E-state index is 4.43. The Balaban J connectivity index is 2.09. The second-order valence-corrected chi connectivity index (χ2v) is 2.91. The molecule has 0 atom stereocenters. The smallest absolute Gasteiger partial charge is 0.0587 e. The summed E-state index contributed by atoms with van der Waals surface area (Å²) < 4.78 is 0. The minimum Gasteiger partial charge on any atom is -0.258 e. The second-order valence-electron chi connectivity index (χ2n) is 2.91. The quantitative estimate of drug-likeness (QED) is 0.548. The molecule has 1 saturated carbocycles. The lowest BCUT2D eigenvalue weighted by Gasteiger charge is -1.90. The van der Waals surface area contributed by atoms with E-state index in [4.69, 9.17) is 0 Å². The summed E-state index contributed by atoms with van der Waals surface area (Å²) in [6.45, 7) is 3.68. The maximum absolute atomic E-state index is 4.43. The van der Waals surface area contributed by atoms with Crippen LogP contribution in [0.25, 0.3) is 0 Å². The van der Waals surface area contributed by atoms with Crippen molar-refractivity contribution < 1.29 is 0 Å². The third-order valence-electron chi connectivity index (χ3n) is 2.05. The molecule has 1 nitrogen and oxygen atoms in total. The fourth-order valence-corrected chi connectivity index (χ4v) is 1.27. The minimum atomic E-state index is 0.827. The number of rotatable bonds is 2. The molecule has 0 spiro atoms. The Labute approximate surface area is 61.2 Å². The Kier molecular flexibility index (Phi) is 1.23. The lowest BCUT2D eigenvalue weighted by atomic mass is 10.2. The van der Waals surface area contributed by atoms with Crippen molar-refractivity contribution in [2.75, 3.05) is 0 Å². The summed E-state index contributed by atoms with van der Waals surface area (Å²) in [6.07, 6.45) is 7.77. The van der Waals surface area contributed by atoms with Crippen molar-refractivity contribution in [2.24, 2.45) is 10.9 Å². The maximum Gasteiger partial charge on any atom is 0.0587 e. The molecule has 1 fully saturated rings. The Morgan fingerprint density at radius 1 is 1.60 bits per heavy atom. The minimum absolute atomic E-state index is 0.827. The van der Waals surface area contributed by atoms with Gasteiger partial charge in [-0.05, 0) is 24.8 Å². The monoisotopic (exact) mass is 133 g/mol. The van der Waals surface area contributed by atoms with E-state index in [1.54, 1.807) is 0 Å². The fraction of sp³-hybridized carbons (Fsp3) is 0.444. The van der Waals surface area contributed by atoms with Gasteiger partial charge in [0.25, 0.3) is 0 Å². The van der Waals surface area contributed by atoms with Gasteiger partial charge >= 0.3 is 0 Å². The average molecular weight is 133 g/mol. The van der Waals surface area contributed by atoms with Crippen LogP contribution < -0.4 is 0 Å². The van der Waals surface area contributed by atoms with E-state index >= 15 is 0 Å². The predicted molar refractivity (Wildman–Crippen MR) is 43.1 cm³/mol. The highest BCUT2D eigenvalue weighted by Gasteiger charge is 2.28. The summed E-state index contributed by atoms with van der Waals surface area (Å²) >= 11 is 0. The van der Waals surface area contributed by atoms with Gasteiger partial charge in [-0.3, -0.25) is 4.99 Å². The van der Waals surface area contributed by atoms with E-state index in [0.29, 0.717) is 0 Å². The first kappa shape index (κ1) is 5.90. The van der Waals surface area contributed by atoms with Crippen molar-refractivity contribution in [3.05, 3.63) is 24.4 Å². The lowest BCUT2D eigenvalue weighted by Crippen LogP contribution is -1.93. The third kappa shape index (κ3) is 0.919. The van der Waals surface area contributed by atoms with E-state index in [9.17, 15) is 0 Å². The molecule has 1 aliphatic carbocycles. The number of hydrogen-bond acceptors (Lipinski definition) is 1. The predicted octanol–water partition coefficient (Wildman–Crippen LogP) is 2.31. The molecular weight excluding hydrogens is 122 g/mol. The number of hydrogen-bond donors (Lipinski definition) is 0. The summed E-state index contributed by atoms with van der Waals surface area (Å²) in [4.78, 5) is 4.43. The van der Waals surface area contributed by atoms with Crippen LogP contribution in [0.2, 0.25) is 0 Å². The molecule has 0 bridgehead atoms. The summed E-state index contributed by atoms with van der Waals surface area (Å²) in [7, 11) is 0. The Morgan fingerprint density at radius 2 is 2.40 bits per heavy atom. The molecule has 10 heavy (non-hydrogen) atoms. The molecule has 2 rings (SSSR count). The summed E-state index contributed by atoms with van der Waals surface area (Å²) in [6, 6.07) is 0. The Bertz CT molecular complexity index is 219. The highest BCUT2D eigenvalue weighted by molar-refractivity contribution is 5.92. The van der Waals surface area contributed by atoms with E-state index in [1.807, 2.05) is 6.08 Å². The molecule has 1 heteroatoms. The molecule has 0 aromatic carbocycles. The molecule has 0 radical (unpaired) electrons. The molecular formula is C9H11N. The molecule has 2 aliphatic rings. The van der Waals surface area contributed by atoms with Crippen LogP contribution in [0, 0.1) is 5.92 Å². The standard InChI is InChI=1S/C9H11N/c1-2-8-5-6-9(10-8)7-3-4-7/h2,5,7H,1,3-4,6H2. The van der Waals surface area contributed by atoms with Gasteiger partial charge in [0.05, 0.1) is 5.70 Å². The van der Waals surface area contributed by atoms with Crippen molar-refractivity contribution in [2.45, 2.75) is 19.3 Å². The normalized spacial score (nSPS) is 24.0. The zero-order valence-corrected chi connectivity index (χ0v) is 6.01. The molecule has 1 heterocycles. The van der Waals surface area contributed by atoms with Gasteiger partial charge in [0, 0.05) is 12.1 Å². The molecule has 0 aromatic heterocycles. The van der Waals surface area contributed by atoms with Crippen molar-refractivity contribution in [3.8, 4) is 0 Å². The van der Waals surface area contributed by atoms with Crippen LogP contribution in [-0.2, 0) is 0 Å². The van der Waals surface area contributed by atoms with Crippen LogP contribution in [0.15, 0.2) is 29.4 Å². The van der Waals surface area contributed by atoms with Crippen LogP contribution in [0.1, 0.15) is 19.3 Å². The topological polar surface area (TPSA) is 12.4 Å². The fourth-order valence-electron chi connectivity index (χ4n) is 1.27. The van der Waals surface area contributed by atoms with Crippen LogP contribution in [0.5, 0.6) is 0 Å². The Morgan fingerprint density at radius 3 is 2.90 bits per heavy atom. The zero-order valence-electron chi connectivity index (χ0n) is 6.01.